The monoisotopic (exact) mass is 297 g/mol. The summed E-state index contributed by atoms with van der Waals surface area (Å²) >= 11 is 8.30. The van der Waals surface area contributed by atoms with Gasteiger partial charge in [-0.3, -0.25) is 0 Å². The van der Waals surface area contributed by atoms with Gasteiger partial charge in [0, 0.05) is 22.9 Å². The molecule has 1 heterocycles. The molecule has 0 amide bonds. The number of halogens is 1. The third kappa shape index (κ3) is 4.14. The smallest absolute Gasteiger partial charge is 0.0438 e. The molecule has 2 rings (SSSR count). The minimum atomic E-state index is 0.403. The first kappa shape index (κ1) is 15.2. The Morgan fingerprint density at radius 2 is 2.16 bits per heavy atom. The van der Waals surface area contributed by atoms with Gasteiger partial charge in [-0.05, 0) is 42.6 Å². The zero-order valence-electron chi connectivity index (χ0n) is 12.1. The van der Waals surface area contributed by atoms with Crippen LogP contribution in [-0.4, -0.2) is 23.6 Å². The summed E-state index contributed by atoms with van der Waals surface area (Å²) in [5.41, 5.74) is 1.64. The number of nitrogens with one attached hydrogen (secondary N) is 1. The molecule has 1 N–H and O–H groups in total. The van der Waals surface area contributed by atoms with Crippen LogP contribution in [0.3, 0.4) is 0 Å². The van der Waals surface area contributed by atoms with Gasteiger partial charge in [0.1, 0.15) is 0 Å². The van der Waals surface area contributed by atoms with Crippen LogP contribution in [0.2, 0.25) is 5.02 Å². The normalized spacial score (nSPS) is 24.1. The second-order valence-corrected chi connectivity index (χ2v) is 7.79. The van der Waals surface area contributed by atoms with Crippen LogP contribution in [0.15, 0.2) is 24.3 Å². The molecule has 2 atom stereocenters. The Balaban J connectivity index is 1.94. The Kier molecular flexibility index (Phi) is 5.22. The molecule has 0 aromatic heterocycles. The second kappa shape index (κ2) is 6.51. The van der Waals surface area contributed by atoms with Crippen molar-refractivity contribution in [3.8, 4) is 0 Å². The largest absolute Gasteiger partial charge is 0.310 e. The maximum Gasteiger partial charge on any atom is 0.0438 e. The molecular formula is C16H24ClNS. The fourth-order valence-electron chi connectivity index (χ4n) is 2.61. The maximum atomic E-state index is 6.24. The minimum Gasteiger partial charge on any atom is -0.310 e. The fraction of sp³-hybridized carbons (Fsp3) is 0.625. The minimum absolute atomic E-state index is 0.403. The zero-order chi connectivity index (χ0) is 13.9. The molecule has 2 unspecified atom stereocenters. The van der Waals surface area contributed by atoms with Crippen LogP contribution in [0.4, 0.5) is 0 Å². The Labute approximate surface area is 126 Å². The SMILES string of the molecule is CC(Cc1ccccc1Cl)NC1CSCCC1(C)C. The van der Waals surface area contributed by atoms with Gasteiger partial charge in [-0.25, -0.2) is 0 Å². The van der Waals surface area contributed by atoms with Crippen LogP contribution >= 0.6 is 23.4 Å². The molecular weight excluding hydrogens is 274 g/mol. The molecule has 1 aromatic carbocycles. The van der Waals surface area contributed by atoms with E-state index in [0.29, 0.717) is 17.5 Å². The zero-order valence-corrected chi connectivity index (χ0v) is 13.7. The molecule has 106 valence electrons. The third-order valence-electron chi connectivity index (χ3n) is 4.09. The lowest BCUT2D eigenvalue weighted by Gasteiger charge is -2.40. The van der Waals surface area contributed by atoms with Crippen molar-refractivity contribution in [2.24, 2.45) is 5.41 Å². The van der Waals surface area contributed by atoms with Crippen LogP contribution < -0.4 is 5.32 Å². The van der Waals surface area contributed by atoms with E-state index in [2.05, 4.69) is 50.0 Å². The van der Waals surface area contributed by atoms with Gasteiger partial charge in [-0.2, -0.15) is 11.8 Å². The summed E-state index contributed by atoms with van der Waals surface area (Å²) in [5, 5.41) is 4.69. The van der Waals surface area contributed by atoms with Crippen LogP contribution in [0.25, 0.3) is 0 Å². The van der Waals surface area contributed by atoms with E-state index in [4.69, 9.17) is 11.6 Å². The summed E-state index contributed by atoms with van der Waals surface area (Å²) in [6.45, 7) is 7.03. The summed E-state index contributed by atoms with van der Waals surface area (Å²) in [4.78, 5) is 0. The van der Waals surface area contributed by atoms with E-state index in [0.717, 1.165) is 11.4 Å². The summed E-state index contributed by atoms with van der Waals surface area (Å²) in [5.74, 6) is 2.52. The highest BCUT2D eigenvalue weighted by molar-refractivity contribution is 7.99. The first-order valence-electron chi connectivity index (χ1n) is 7.06. The standard InChI is InChI=1S/C16H24ClNS/c1-12(10-13-6-4-5-7-14(13)17)18-15-11-19-9-8-16(15,2)3/h4-7,12,15,18H,8-11H2,1-3H3. The van der Waals surface area contributed by atoms with Crippen molar-refractivity contribution in [1.29, 1.82) is 0 Å². The van der Waals surface area contributed by atoms with Crippen LogP contribution in [0.5, 0.6) is 0 Å². The predicted molar refractivity (Wildman–Crippen MR) is 87.3 cm³/mol. The van der Waals surface area contributed by atoms with Crippen LogP contribution in [0, 0.1) is 5.41 Å². The fourth-order valence-corrected chi connectivity index (χ4v) is 4.44. The molecule has 0 radical (unpaired) electrons. The molecule has 0 aliphatic carbocycles. The average Bonchev–Trinajstić information content (AvgIpc) is 2.35. The number of rotatable bonds is 4. The van der Waals surface area contributed by atoms with Crippen molar-refractivity contribution >= 4 is 23.4 Å². The molecule has 1 saturated heterocycles. The van der Waals surface area contributed by atoms with E-state index in [1.54, 1.807) is 0 Å². The molecule has 1 aliphatic rings. The van der Waals surface area contributed by atoms with E-state index in [9.17, 15) is 0 Å². The van der Waals surface area contributed by atoms with Gasteiger partial charge in [0.05, 0.1) is 0 Å². The highest BCUT2D eigenvalue weighted by Gasteiger charge is 2.33. The molecule has 1 aliphatic heterocycles. The summed E-state index contributed by atoms with van der Waals surface area (Å²) in [6, 6.07) is 9.22. The van der Waals surface area contributed by atoms with E-state index in [-0.39, 0.29) is 0 Å². The van der Waals surface area contributed by atoms with Gasteiger partial charge >= 0.3 is 0 Å². The number of benzene rings is 1. The van der Waals surface area contributed by atoms with Crippen LogP contribution in [0.1, 0.15) is 32.8 Å². The molecule has 3 heteroatoms. The van der Waals surface area contributed by atoms with Gasteiger partial charge in [0.2, 0.25) is 0 Å². The Morgan fingerprint density at radius 1 is 1.42 bits per heavy atom. The van der Waals surface area contributed by atoms with Crippen molar-refractivity contribution in [3.05, 3.63) is 34.9 Å². The molecule has 0 spiro atoms. The predicted octanol–water partition coefficient (Wildman–Crippen LogP) is 4.39. The highest BCUT2D eigenvalue weighted by Crippen LogP contribution is 2.34. The first-order chi connectivity index (χ1) is 8.99. The topological polar surface area (TPSA) is 12.0 Å². The van der Waals surface area contributed by atoms with Crippen molar-refractivity contribution in [3.63, 3.8) is 0 Å². The van der Waals surface area contributed by atoms with Crippen molar-refractivity contribution in [2.45, 2.75) is 45.7 Å². The molecule has 1 aromatic rings. The highest BCUT2D eigenvalue weighted by atomic mass is 35.5. The first-order valence-corrected chi connectivity index (χ1v) is 8.59. The van der Waals surface area contributed by atoms with Gasteiger partial charge in [-0.15, -0.1) is 0 Å². The molecule has 1 nitrogen and oxygen atoms in total. The second-order valence-electron chi connectivity index (χ2n) is 6.23. The maximum absolute atomic E-state index is 6.24. The third-order valence-corrected chi connectivity index (χ3v) is 5.52. The van der Waals surface area contributed by atoms with E-state index >= 15 is 0 Å². The Bertz CT molecular complexity index is 419. The van der Waals surface area contributed by atoms with Gasteiger partial charge in [0.25, 0.3) is 0 Å². The molecule has 0 bridgehead atoms. The lowest BCUT2D eigenvalue weighted by atomic mass is 9.82. The lowest BCUT2D eigenvalue weighted by Crippen LogP contribution is -2.50. The van der Waals surface area contributed by atoms with Gasteiger partial charge < -0.3 is 5.32 Å². The summed E-state index contributed by atoms with van der Waals surface area (Å²) in [7, 11) is 0. The Morgan fingerprint density at radius 3 is 2.84 bits per heavy atom. The number of hydrogen-bond donors (Lipinski definition) is 1. The Hall–Kier alpha value is -0.180. The summed E-state index contributed by atoms with van der Waals surface area (Å²) in [6.07, 6.45) is 2.30. The van der Waals surface area contributed by atoms with E-state index in [1.165, 1.54) is 23.5 Å². The van der Waals surface area contributed by atoms with Crippen molar-refractivity contribution in [2.75, 3.05) is 11.5 Å². The number of thioether (sulfide) groups is 1. The molecule has 0 saturated carbocycles. The quantitative estimate of drug-likeness (QED) is 0.884. The van der Waals surface area contributed by atoms with Gasteiger partial charge in [-0.1, -0.05) is 43.6 Å². The van der Waals surface area contributed by atoms with E-state index < -0.39 is 0 Å². The molecule has 1 fully saturated rings. The lowest BCUT2D eigenvalue weighted by molar-refractivity contribution is 0.231. The van der Waals surface area contributed by atoms with E-state index in [1.807, 2.05) is 12.1 Å². The van der Waals surface area contributed by atoms with Crippen molar-refractivity contribution in [1.82, 2.24) is 5.32 Å². The number of hydrogen-bond acceptors (Lipinski definition) is 2. The van der Waals surface area contributed by atoms with Gasteiger partial charge in [0.15, 0.2) is 0 Å². The van der Waals surface area contributed by atoms with Crippen LogP contribution in [-0.2, 0) is 6.42 Å². The average molecular weight is 298 g/mol. The molecule has 19 heavy (non-hydrogen) atoms. The van der Waals surface area contributed by atoms with Crippen molar-refractivity contribution < 1.29 is 0 Å². The summed E-state index contributed by atoms with van der Waals surface area (Å²) < 4.78 is 0.